The zero-order valence-corrected chi connectivity index (χ0v) is 25.7. The maximum absolute atomic E-state index is 14.0. The van der Waals surface area contributed by atoms with Crippen LogP contribution >= 0.6 is 0 Å². The summed E-state index contributed by atoms with van der Waals surface area (Å²) in [5.41, 5.74) is 1.01. The number of hydrogen-bond acceptors (Lipinski definition) is 7. The number of carboxylic acid groups (broad SMARTS) is 1. The molecule has 0 bridgehead atoms. The normalized spacial score (nSPS) is 12.8. The molecule has 0 spiro atoms. The Morgan fingerprint density at radius 2 is 1.64 bits per heavy atom. The van der Waals surface area contributed by atoms with Crippen LogP contribution in [0.15, 0.2) is 96.2 Å². The molecule has 3 aromatic carbocycles. The highest BCUT2D eigenvalue weighted by atomic mass is 32.2. The van der Waals surface area contributed by atoms with Gasteiger partial charge in [-0.05, 0) is 79.6 Å². The first-order chi connectivity index (χ1) is 21.6. The highest BCUT2D eigenvalue weighted by Gasteiger charge is 2.44. The topological polar surface area (TPSA) is 166 Å². The Morgan fingerprint density at radius 1 is 0.911 bits per heavy atom. The number of carboxylic acids is 1. The molecule has 0 aliphatic carbocycles. The molecule has 5 N–H and O–H groups in total. The quantitative estimate of drug-likeness (QED) is 0.0898. The number of benzene rings is 3. The molecule has 5 rings (SSSR count). The van der Waals surface area contributed by atoms with Crippen LogP contribution in [0, 0.1) is 13.8 Å². The van der Waals surface area contributed by atoms with E-state index < -0.39 is 27.6 Å². The van der Waals surface area contributed by atoms with Crippen LogP contribution in [-0.4, -0.2) is 52.8 Å². The molecule has 2 heterocycles. The average Bonchev–Trinajstić information content (AvgIpc) is 3.49. The van der Waals surface area contributed by atoms with Gasteiger partial charge in [-0.1, -0.05) is 54.6 Å². The molecule has 11 nitrogen and oxygen atoms in total. The number of nitrogens with zero attached hydrogens (tertiary/aromatic N) is 2. The number of rotatable bonds is 13. The summed E-state index contributed by atoms with van der Waals surface area (Å²) in [6, 6.07) is 23.2. The number of nitrogens with one attached hydrogen (secondary N) is 4. The molecule has 1 atom stereocenters. The van der Waals surface area contributed by atoms with E-state index in [1.165, 1.54) is 12.1 Å². The zero-order valence-electron chi connectivity index (χ0n) is 24.9. The number of pyridine rings is 1. The number of carbonyl (C=O) groups excluding carboxylic acids is 1. The molecule has 2 aromatic heterocycles. The summed E-state index contributed by atoms with van der Waals surface area (Å²) in [7, 11) is -4.45. The van der Waals surface area contributed by atoms with Gasteiger partial charge in [0.15, 0.2) is 0 Å². The standard InChI is InChI=1S/C33H34N6O5S/c1-22-18-27(24-10-4-3-5-11-24)19-23(2)30(22)45(43,44)39-33(32(41)42,15-7-9-17-35-29-12-6-8-16-34-29)37-31(40)25-13-14-26-21-36-38-28(26)20-25/h3-6,8,10-14,16,18-21,39H,7,9,15,17H2,1-2H3,(H,34,35)(H,36,38)(H,37,40)(H,41,42). The second-order valence-electron chi connectivity index (χ2n) is 10.8. The van der Waals surface area contributed by atoms with E-state index in [0.29, 0.717) is 35.4 Å². The van der Waals surface area contributed by atoms with Crippen LogP contribution in [-0.2, 0) is 14.8 Å². The van der Waals surface area contributed by atoms with Gasteiger partial charge >= 0.3 is 5.97 Å². The summed E-state index contributed by atoms with van der Waals surface area (Å²) in [4.78, 5) is 30.6. The van der Waals surface area contributed by atoms with Gasteiger partial charge in [0.1, 0.15) is 5.82 Å². The number of aryl methyl sites for hydroxylation is 2. The Balaban J connectivity index is 1.44. The lowest BCUT2D eigenvalue weighted by Gasteiger charge is -2.32. The summed E-state index contributed by atoms with van der Waals surface area (Å²) >= 11 is 0. The molecular weight excluding hydrogens is 592 g/mol. The highest BCUT2D eigenvalue weighted by Crippen LogP contribution is 2.29. The molecule has 1 amide bonds. The number of carbonyl (C=O) groups is 2. The number of anilines is 1. The maximum Gasteiger partial charge on any atom is 0.345 e. The van der Waals surface area contributed by atoms with Crippen molar-refractivity contribution in [2.45, 2.75) is 43.7 Å². The fourth-order valence-corrected chi connectivity index (χ4v) is 7.10. The van der Waals surface area contributed by atoms with E-state index >= 15 is 0 Å². The van der Waals surface area contributed by atoms with Gasteiger partial charge in [0.25, 0.3) is 5.91 Å². The van der Waals surface area contributed by atoms with Gasteiger partial charge in [-0.15, -0.1) is 0 Å². The minimum absolute atomic E-state index is 0.0437. The van der Waals surface area contributed by atoms with Crippen molar-refractivity contribution >= 4 is 38.6 Å². The number of fused-ring (bicyclic) bond motifs is 1. The van der Waals surface area contributed by atoms with Gasteiger partial charge in [-0.25, -0.2) is 18.2 Å². The number of amides is 1. The van der Waals surface area contributed by atoms with Gasteiger partial charge in [-0.3, -0.25) is 9.89 Å². The Morgan fingerprint density at radius 3 is 2.33 bits per heavy atom. The number of aliphatic carboxylic acids is 1. The van der Waals surface area contributed by atoms with Crippen molar-refractivity contribution in [1.82, 2.24) is 25.2 Å². The molecule has 0 aliphatic heterocycles. The van der Waals surface area contributed by atoms with Crippen LogP contribution in [0.4, 0.5) is 5.82 Å². The van der Waals surface area contributed by atoms with Gasteiger partial charge < -0.3 is 15.7 Å². The summed E-state index contributed by atoms with van der Waals surface area (Å²) in [5.74, 6) is -1.62. The van der Waals surface area contributed by atoms with E-state index in [-0.39, 0.29) is 23.3 Å². The van der Waals surface area contributed by atoms with E-state index in [0.717, 1.165) is 16.5 Å². The third kappa shape index (κ3) is 7.19. The number of H-pyrrole nitrogens is 1. The van der Waals surface area contributed by atoms with E-state index in [1.54, 1.807) is 56.6 Å². The van der Waals surface area contributed by atoms with Crippen LogP contribution in [0.3, 0.4) is 0 Å². The van der Waals surface area contributed by atoms with Crippen molar-refractivity contribution in [2.24, 2.45) is 0 Å². The van der Waals surface area contributed by atoms with Gasteiger partial charge in [0.05, 0.1) is 16.6 Å². The van der Waals surface area contributed by atoms with E-state index in [1.807, 2.05) is 36.4 Å². The average molecular weight is 627 g/mol. The smallest absolute Gasteiger partial charge is 0.345 e. The number of aromatic nitrogens is 3. The first-order valence-corrected chi connectivity index (χ1v) is 15.9. The molecule has 0 fully saturated rings. The van der Waals surface area contributed by atoms with Crippen molar-refractivity contribution < 1.29 is 23.1 Å². The van der Waals surface area contributed by atoms with Crippen LogP contribution in [0.2, 0.25) is 0 Å². The monoisotopic (exact) mass is 626 g/mol. The van der Waals surface area contributed by atoms with Crippen molar-refractivity contribution in [3.63, 3.8) is 0 Å². The number of unbranched alkanes of at least 4 members (excludes halogenated alkanes) is 1. The first kappa shape index (κ1) is 31.4. The molecule has 232 valence electrons. The lowest BCUT2D eigenvalue weighted by atomic mass is 10.0. The molecule has 0 saturated heterocycles. The minimum Gasteiger partial charge on any atom is -0.478 e. The second-order valence-corrected chi connectivity index (χ2v) is 12.5. The first-order valence-electron chi connectivity index (χ1n) is 14.4. The Kier molecular flexibility index (Phi) is 9.26. The highest BCUT2D eigenvalue weighted by molar-refractivity contribution is 7.89. The molecular formula is C33H34N6O5S. The fraction of sp³-hybridized carbons (Fsp3) is 0.212. The lowest BCUT2D eigenvalue weighted by Crippen LogP contribution is -2.65. The maximum atomic E-state index is 14.0. The Hall–Kier alpha value is -5.07. The molecule has 0 aliphatic rings. The van der Waals surface area contributed by atoms with Crippen molar-refractivity contribution in [2.75, 3.05) is 11.9 Å². The zero-order chi connectivity index (χ0) is 32.0. The molecule has 5 aromatic rings. The lowest BCUT2D eigenvalue weighted by molar-refractivity contribution is -0.145. The van der Waals surface area contributed by atoms with Crippen molar-refractivity contribution in [3.8, 4) is 11.1 Å². The Bertz CT molecular complexity index is 1910. The van der Waals surface area contributed by atoms with Crippen molar-refractivity contribution in [3.05, 3.63) is 108 Å². The predicted octanol–water partition coefficient (Wildman–Crippen LogP) is 5.01. The van der Waals surface area contributed by atoms with Crippen LogP contribution in [0.5, 0.6) is 0 Å². The van der Waals surface area contributed by atoms with E-state index in [9.17, 15) is 23.1 Å². The van der Waals surface area contributed by atoms with Crippen LogP contribution in [0.1, 0.15) is 40.7 Å². The molecule has 12 heteroatoms. The SMILES string of the molecule is Cc1cc(-c2ccccc2)cc(C)c1S(=O)(=O)NC(CCCCNc1ccccn1)(NC(=O)c1ccc2cn[nH]c2c1)C(=O)O. The summed E-state index contributed by atoms with van der Waals surface area (Å²) < 4.78 is 30.4. The van der Waals surface area contributed by atoms with Crippen LogP contribution in [0.25, 0.3) is 22.0 Å². The summed E-state index contributed by atoms with van der Waals surface area (Å²) in [6.07, 6.45) is 3.77. The third-order valence-corrected chi connectivity index (χ3v) is 9.29. The van der Waals surface area contributed by atoms with Gasteiger partial charge in [0.2, 0.25) is 15.7 Å². The molecule has 45 heavy (non-hydrogen) atoms. The van der Waals surface area contributed by atoms with Crippen LogP contribution < -0.4 is 15.4 Å². The predicted molar refractivity (Wildman–Crippen MR) is 172 cm³/mol. The third-order valence-electron chi connectivity index (χ3n) is 7.49. The van der Waals surface area contributed by atoms with E-state index in [4.69, 9.17) is 0 Å². The van der Waals surface area contributed by atoms with Gasteiger partial charge in [-0.2, -0.15) is 9.82 Å². The van der Waals surface area contributed by atoms with Crippen molar-refractivity contribution in [1.29, 1.82) is 0 Å². The minimum atomic E-state index is -4.45. The summed E-state index contributed by atoms with van der Waals surface area (Å²) in [5, 5.41) is 23.7. The summed E-state index contributed by atoms with van der Waals surface area (Å²) in [6.45, 7) is 3.79. The van der Waals surface area contributed by atoms with Gasteiger partial charge in [0, 0.05) is 23.7 Å². The largest absolute Gasteiger partial charge is 0.478 e. The molecule has 0 saturated carbocycles. The van der Waals surface area contributed by atoms with E-state index in [2.05, 4.69) is 30.5 Å². The Labute approximate surface area is 261 Å². The number of hydrogen-bond donors (Lipinski definition) is 5. The number of sulfonamides is 1. The fourth-order valence-electron chi connectivity index (χ4n) is 5.34. The second kappa shape index (κ2) is 13.3. The number of aromatic amines is 1. The molecule has 1 unspecified atom stereocenters. The molecule has 0 radical (unpaired) electrons.